The van der Waals surface area contributed by atoms with E-state index in [-0.39, 0.29) is 12.0 Å². The monoisotopic (exact) mass is 289 g/mol. The fourth-order valence-corrected chi connectivity index (χ4v) is 2.76. The van der Waals surface area contributed by atoms with Gasteiger partial charge < -0.3 is 9.64 Å². The molecule has 1 unspecified atom stereocenters. The van der Waals surface area contributed by atoms with Crippen LogP contribution in [0.15, 0.2) is 24.3 Å². The smallest absolute Gasteiger partial charge is 0.222 e. The predicted molar refractivity (Wildman–Crippen MR) is 85.0 cm³/mol. The van der Waals surface area contributed by atoms with E-state index in [9.17, 15) is 4.79 Å². The molecule has 0 aliphatic carbocycles. The van der Waals surface area contributed by atoms with Crippen molar-refractivity contribution in [1.82, 2.24) is 4.90 Å². The van der Waals surface area contributed by atoms with Crippen molar-refractivity contribution >= 4 is 5.91 Å². The van der Waals surface area contributed by atoms with Crippen LogP contribution in [0, 0.1) is 12.8 Å². The van der Waals surface area contributed by atoms with Gasteiger partial charge in [0.1, 0.15) is 0 Å². The summed E-state index contributed by atoms with van der Waals surface area (Å²) in [4.78, 5) is 14.1. The first-order valence-corrected chi connectivity index (χ1v) is 8.00. The Bertz CT molecular complexity index is 470. The summed E-state index contributed by atoms with van der Waals surface area (Å²) in [5.41, 5.74) is 2.50. The van der Waals surface area contributed by atoms with Gasteiger partial charge in [0.25, 0.3) is 0 Å². The number of nitrogens with zero attached hydrogens (tertiary/aromatic N) is 1. The molecular weight excluding hydrogens is 262 g/mol. The fraction of sp³-hybridized carbons (Fsp3) is 0.611. The molecule has 1 aliphatic heterocycles. The predicted octanol–water partition coefficient (Wildman–Crippen LogP) is 3.55. The first-order valence-electron chi connectivity index (χ1n) is 8.00. The van der Waals surface area contributed by atoms with Crippen LogP contribution in [0.4, 0.5) is 0 Å². The molecule has 1 amide bonds. The molecule has 1 fully saturated rings. The first-order chi connectivity index (χ1) is 10.1. The molecule has 1 atom stereocenters. The van der Waals surface area contributed by atoms with Crippen molar-refractivity contribution in [2.24, 2.45) is 5.92 Å². The largest absolute Gasteiger partial charge is 0.372 e. The zero-order valence-corrected chi connectivity index (χ0v) is 13.5. The summed E-state index contributed by atoms with van der Waals surface area (Å²) in [6.07, 6.45) is 2.92. The van der Waals surface area contributed by atoms with Crippen LogP contribution in [0.5, 0.6) is 0 Å². The lowest BCUT2D eigenvalue weighted by Crippen LogP contribution is -2.43. The van der Waals surface area contributed by atoms with Gasteiger partial charge in [0.2, 0.25) is 5.91 Å². The minimum atomic E-state index is 0.175. The minimum absolute atomic E-state index is 0.175. The highest BCUT2D eigenvalue weighted by Gasteiger charge is 2.24. The molecule has 3 heteroatoms. The number of ether oxygens (including phenoxy) is 1. The number of amides is 1. The average molecular weight is 289 g/mol. The number of hydrogen-bond donors (Lipinski definition) is 0. The molecule has 1 aliphatic rings. The molecule has 116 valence electrons. The molecule has 21 heavy (non-hydrogen) atoms. The quantitative estimate of drug-likeness (QED) is 0.829. The molecule has 3 nitrogen and oxygen atoms in total. The summed E-state index contributed by atoms with van der Waals surface area (Å²) >= 11 is 0. The van der Waals surface area contributed by atoms with Crippen molar-refractivity contribution in [1.29, 1.82) is 0 Å². The maximum atomic E-state index is 12.2. The third kappa shape index (κ3) is 4.85. The maximum absolute atomic E-state index is 12.2. The van der Waals surface area contributed by atoms with Crippen LogP contribution in [0.25, 0.3) is 0 Å². The second kappa shape index (κ2) is 7.60. The highest BCUT2D eigenvalue weighted by Crippen LogP contribution is 2.18. The zero-order valence-electron chi connectivity index (χ0n) is 13.5. The van der Waals surface area contributed by atoms with Gasteiger partial charge in [0.05, 0.1) is 12.7 Å². The van der Waals surface area contributed by atoms with Gasteiger partial charge in [-0.3, -0.25) is 4.79 Å². The number of piperidine rings is 1. The van der Waals surface area contributed by atoms with E-state index in [1.165, 1.54) is 11.1 Å². The maximum Gasteiger partial charge on any atom is 0.222 e. The molecule has 0 aromatic heterocycles. The summed E-state index contributed by atoms with van der Waals surface area (Å²) in [5, 5.41) is 0. The molecule has 1 saturated heterocycles. The van der Waals surface area contributed by atoms with E-state index < -0.39 is 0 Å². The fourth-order valence-electron chi connectivity index (χ4n) is 2.76. The van der Waals surface area contributed by atoms with E-state index >= 15 is 0 Å². The van der Waals surface area contributed by atoms with E-state index in [0.29, 0.717) is 18.9 Å². The van der Waals surface area contributed by atoms with Crippen LogP contribution >= 0.6 is 0 Å². The van der Waals surface area contributed by atoms with Crippen LogP contribution in [0.2, 0.25) is 0 Å². The van der Waals surface area contributed by atoms with Gasteiger partial charge in [0, 0.05) is 19.5 Å². The third-order valence-electron chi connectivity index (χ3n) is 4.05. The minimum Gasteiger partial charge on any atom is -0.372 e. The van der Waals surface area contributed by atoms with Crippen molar-refractivity contribution in [3.63, 3.8) is 0 Å². The van der Waals surface area contributed by atoms with Crippen molar-refractivity contribution in [2.75, 3.05) is 13.1 Å². The summed E-state index contributed by atoms with van der Waals surface area (Å²) in [6.45, 7) is 8.57. The standard InChI is InChI=1S/C18H27NO2/c1-14(2)11-18(20)19-10-6-9-17(12-19)21-13-16-8-5-4-7-15(16)3/h4-5,7-8,14,17H,6,9-13H2,1-3H3. The van der Waals surface area contributed by atoms with Gasteiger partial charge in [-0.25, -0.2) is 0 Å². The highest BCUT2D eigenvalue weighted by atomic mass is 16.5. The number of rotatable bonds is 5. The zero-order chi connectivity index (χ0) is 15.2. The van der Waals surface area contributed by atoms with Gasteiger partial charge in [0.15, 0.2) is 0 Å². The van der Waals surface area contributed by atoms with Gasteiger partial charge in [-0.1, -0.05) is 38.1 Å². The molecule has 2 rings (SSSR count). The first kappa shape index (κ1) is 16.0. The van der Waals surface area contributed by atoms with E-state index in [0.717, 1.165) is 25.9 Å². The SMILES string of the molecule is Cc1ccccc1COC1CCCN(C(=O)CC(C)C)C1. The highest BCUT2D eigenvalue weighted by molar-refractivity contribution is 5.76. The van der Waals surface area contributed by atoms with Gasteiger partial charge >= 0.3 is 0 Å². The Morgan fingerprint density at radius 1 is 1.38 bits per heavy atom. The number of likely N-dealkylation sites (tertiary alicyclic amines) is 1. The van der Waals surface area contributed by atoms with Crippen molar-refractivity contribution in [2.45, 2.75) is 52.7 Å². The van der Waals surface area contributed by atoms with E-state index in [2.05, 4.69) is 32.9 Å². The summed E-state index contributed by atoms with van der Waals surface area (Å²) in [7, 11) is 0. The lowest BCUT2D eigenvalue weighted by molar-refractivity contribution is -0.136. The Labute approximate surface area is 128 Å². The Hall–Kier alpha value is -1.35. The van der Waals surface area contributed by atoms with Crippen molar-refractivity contribution in [3.8, 4) is 0 Å². The normalized spacial score (nSPS) is 19.0. The number of carbonyl (C=O) groups is 1. The van der Waals surface area contributed by atoms with Crippen LogP contribution in [-0.4, -0.2) is 30.0 Å². The van der Waals surface area contributed by atoms with Crippen molar-refractivity contribution < 1.29 is 9.53 Å². The van der Waals surface area contributed by atoms with Gasteiger partial charge in [-0.2, -0.15) is 0 Å². The van der Waals surface area contributed by atoms with Crippen LogP contribution in [0.3, 0.4) is 0 Å². The average Bonchev–Trinajstić information content (AvgIpc) is 2.46. The second-order valence-electron chi connectivity index (χ2n) is 6.44. The third-order valence-corrected chi connectivity index (χ3v) is 4.05. The number of hydrogen-bond acceptors (Lipinski definition) is 2. The Morgan fingerprint density at radius 2 is 2.14 bits per heavy atom. The molecule has 0 N–H and O–H groups in total. The van der Waals surface area contributed by atoms with Crippen LogP contribution in [0.1, 0.15) is 44.2 Å². The molecule has 0 spiro atoms. The topological polar surface area (TPSA) is 29.5 Å². The molecule has 1 heterocycles. The number of aryl methyl sites for hydroxylation is 1. The van der Waals surface area contributed by atoms with Crippen LogP contribution in [-0.2, 0) is 16.1 Å². The Morgan fingerprint density at radius 3 is 2.86 bits per heavy atom. The van der Waals surface area contributed by atoms with Gasteiger partial charge in [-0.15, -0.1) is 0 Å². The Balaban J connectivity index is 1.84. The molecule has 1 aromatic carbocycles. The van der Waals surface area contributed by atoms with Crippen LogP contribution < -0.4 is 0 Å². The molecule has 0 bridgehead atoms. The van der Waals surface area contributed by atoms with E-state index in [1.807, 2.05) is 17.0 Å². The van der Waals surface area contributed by atoms with E-state index in [4.69, 9.17) is 4.74 Å². The second-order valence-corrected chi connectivity index (χ2v) is 6.44. The molecule has 0 radical (unpaired) electrons. The number of carbonyl (C=O) groups excluding carboxylic acids is 1. The molecule has 0 saturated carbocycles. The summed E-state index contributed by atoms with van der Waals surface area (Å²) in [6, 6.07) is 8.31. The molecular formula is C18H27NO2. The lowest BCUT2D eigenvalue weighted by Gasteiger charge is -2.33. The molecule has 1 aromatic rings. The lowest BCUT2D eigenvalue weighted by atomic mass is 10.0. The van der Waals surface area contributed by atoms with Crippen molar-refractivity contribution in [3.05, 3.63) is 35.4 Å². The summed E-state index contributed by atoms with van der Waals surface area (Å²) < 4.78 is 6.04. The summed E-state index contributed by atoms with van der Waals surface area (Å²) in [5.74, 6) is 0.694. The number of benzene rings is 1. The Kier molecular flexibility index (Phi) is 5.80. The van der Waals surface area contributed by atoms with Gasteiger partial charge in [-0.05, 0) is 36.8 Å². The van der Waals surface area contributed by atoms with E-state index in [1.54, 1.807) is 0 Å².